The van der Waals surface area contributed by atoms with Gasteiger partial charge in [-0.05, 0) is 6.42 Å². The monoisotopic (exact) mass is 307 g/mol. The molecule has 122 valence electrons. The van der Waals surface area contributed by atoms with Crippen LogP contribution in [0.4, 0.5) is 8.78 Å². The molecule has 2 N–H and O–H groups in total. The maximum Gasteiger partial charge on any atom is 0.349 e. The number of ether oxygens (including phenoxy) is 1. The molecule has 1 rings (SSSR count). The average Bonchev–Trinajstić information content (AvgIpc) is 2.83. The zero-order valence-corrected chi connectivity index (χ0v) is 12.2. The SMILES string of the molecule is CCCCCCCC(O)C(F)(F)C(=O)NC1CCOC1=O. The Bertz CT molecular complexity index is 363. The predicted molar refractivity (Wildman–Crippen MR) is 71.8 cm³/mol. The molecule has 7 heteroatoms. The first-order valence-electron chi connectivity index (χ1n) is 7.43. The van der Waals surface area contributed by atoms with Crippen molar-refractivity contribution >= 4 is 11.9 Å². The van der Waals surface area contributed by atoms with E-state index in [-0.39, 0.29) is 19.4 Å². The Morgan fingerprint density at radius 3 is 2.67 bits per heavy atom. The minimum atomic E-state index is -3.90. The average molecular weight is 307 g/mol. The van der Waals surface area contributed by atoms with Crippen LogP contribution in [0.2, 0.25) is 0 Å². The maximum atomic E-state index is 13.8. The van der Waals surface area contributed by atoms with E-state index in [4.69, 9.17) is 0 Å². The highest BCUT2D eigenvalue weighted by atomic mass is 19.3. The number of hydrogen-bond acceptors (Lipinski definition) is 4. The van der Waals surface area contributed by atoms with Crippen molar-refractivity contribution in [1.29, 1.82) is 0 Å². The number of aliphatic hydroxyl groups excluding tert-OH is 1. The molecule has 1 saturated heterocycles. The van der Waals surface area contributed by atoms with E-state index in [0.717, 1.165) is 25.7 Å². The molecule has 21 heavy (non-hydrogen) atoms. The number of carbonyl (C=O) groups is 2. The molecular formula is C14H23F2NO4. The van der Waals surface area contributed by atoms with Gasteiger partial charge in [-0.25, -0.2) is 4.79 Å². The molecule has 0 aromatic heterocycles. The van der Waals surface area contributed by atoms with Gasteiger partial charge in [-0.1, -0.05) is 39.0 Å². The lowest BCUT2D eigenvalue weighted by atomic mass is 10.0. The van der Waals surface area contributed by atoms with Crippen LogP contribution in [-0.4, -0.2) is 41.7 Å². The molecule has 1 heterocycles. The van der Waals surface area contributed by atoms with Gasteiger partial charge in [-0.3, -0.25) is 4.79 Å². The molecule has 0 saturated carbocycles. The molecule has 0 bridgehead atoms. The Kier molecular flexibility index (Phi) is 7.01. The van der Waals surface area contributed by atoms with Crippen LogP contribution in [0.15, 0.2) is 0 Å². The van der Waals surface area contributed by atoms with Crippen molar-refractivity contribution in [1.82, 2.24) is 5.32 Å². The summed E-state index contributed by atoms with van der Waals surface area (Å²) in [6.07, 6.45) is 2.18. The Morgan fingerprint density at radius 2 is 2.10 bits per heavy atom. The van der Waals surface area contributed by atoms with Gasteiger partial charge in [0.2, 0.25) is 0 Å². The van der Waals surface area contributed by atoms with E-state index in [9.17, 15) is 23.5 Å². The van der Waals surface area contributed by atoms with Gasteiger partial charge >= 0.3 is 11.9 Å². The number of hydrogen-bond donors (Lipinski definition) is 2. The molecule has 0 aromatic carbocycles. The Morgan fingerprint density at radius 1 is 1.43 bits per heavy atom. The van der Waals surface area contributed by atoms with Gasteiger partial charge < -0.3 is 15.2 Å². The van der Waals surface area contributed by atoms with Gasteiger partial charge in [0, 0.05) is 6.42 Å². The quantitative estimate of drug-likeness (QED) is 0.503. The van der Waals surface area contributed by atoms with Gasteiger partial charge in [0.25, 0.3) is 5.91 Å². The van der Waals surface area contributed by atoms with E-state index in [1.165, 1.54) is 0 Å². The standard InChI is InChI=1S/C14H23F2NO4/c1-2-3-4-5-6-7-11(18)14(15,16)13(20)17-10-8-9-21-12(10)19/h10-11,18H,2-9H2,1H3,(H,17,20). The van der Waals surface area contributed by atoms with Crippen molar-refractivity contribution in [3.05, 3.63) is 0 Å². The molecule has 1 aliphatic rings. The number of esters is 1. The first-order chi connectivity index (χ1) is 9.89. The Labute approximate surface area is 123 Å². The first-order valence-corrected chi connectivity index (χ1v) is 7.43. The predicted octanol–water partition coefficient (Wildman–Crippen LogP) is 1.77. The highest BCUT2D eigenvalue weighted by Crippen LogP contribution is 2.24. The number of amides is 1. The normalized spacial score (nSPS) is 20.2. The van der Waals surface area contributed by atoms with Crippen molar-refractivity contribution in [2.45, 2.75) is 69.9 Å². The Hall–Kier alpha value is -1.24. The molecule has 2 unspecified atom stereocenters. The van der Waals surface area contributed by atoms with E-state index in [1.54, 1.807) is 0 Å². The lowest BCUT2D eigenvalue weighted by Gasteiger charge is -2.22. The molecule has 2 atom stereocenters. The summed E-state index contributed by atoms with van der Waals surface area (Å²) in [7, 11) is 0. The second-order valence-electron chi connectivity index (χ2n) is 5.32. The van der Waals surface area contributed by atoms with Crippen LogP contribution < -0.4 is 5.32 Å². The summed E-state index contributed by atoms with van der Waals surface area (Å²) in [5, 5.41) is 11.5. The molecule has 0 spiro atoms. The zero-order valence-electron chi connectivity index (χ0n) is 12.2. The summed E-state index contributed by atoms with van der Waals surface area (Å²) in [6.45, 7) is 2.15. The maximum absolute atomic E-state index is 13.8. The number of unbranched alkanes of at least 4 members (excludes halogenated alkanes) is 4. The molecule has 1 amide bonds. The highest BCUT2D eigenvalue weighted by molar-refractivity contribution is 5.89. The molecule has 0 aromatic rings. The topological polar surface area (TPSA) is 75.6 Å². The van der Waals surface area contributed by atoms with Crippen LogP contribution in [0.5, 0.6) is 0 Å². The van der Waals surface area contributed by atoms with Gasteiger partial charge in [0.1, 0.15) is 12.1 Å². The van der Waals surface area contributed by atoms with Crippen molar-refractivity contribution in [2.24, 2.45) is 0 Å². The summed E-state index contributed by atoms with van der Waals surface area (Å²) in [6, 6.07) is -1.04. The Balaban J connectivity index is 2.38. The number of aliphatic hydroxyl groups is 1. The van der Waals surface area contributed by atoms with Gasteiger partial charge in [-0.15, -0.1) is 0 Å². The third kappa shape index (κ3) is 5.22. The van der Waals surface area contributed by atoms with Crippen LogP contribution in [0.25, 0.3) is 0 Å². The summed E-state index contributed by atoms with van der Waals surface area (Å²) in [5.41, 5.74) is 0. The van der Waals surface area contributed by atoms with Crippen LogP contribution in [0.1, 0.15) is 51.9 Å². The summed E-state index contributed by atoms with van der Waals surface area (Å²) in [4.78, 5) is 22.6. The van der Waals surface area contributed by atoms with E-state index in [1.807, 2.05) is 12.2 Å². The van der Waals surface area contributed by atoms with E-state index < -0.39 is 29.9 Å². The summed E-state index contributed by atoms with van der Waals surface area (Å²) >= 11 is 0. The van der Waals surface area contributed by atoms with E-state index in [2.05, 4.69) is 4.74 Å². The van der Waals surface area contributed by atoms with E-state index in [0.29, 0.717) is 6.42 Å². The molecule has 1 fully saturated rings. The summed E-state index contributed by atoms with van der Waals surface area (Å²) in [5.74, 6) is -6.23. The number of nitrogens with one attached hydrogen (secondary N) is 1. The molecule has 0 radical (unpaired) electrons. The fourth-order valence-corrected chi connectivity index (χ4v) is 2.16. The third-order valence-corrected chi connectivity index (χ3v) is 3.54. The highest BCUT2D eigenvalue weighted by Gasteiger charge is 2.47. The van der Waals surface area contributed by atoms with Gasteiger partial charge in [0.15, 0.2) is 0 Å². The minimum Gasteiger partial charge on any atom is -0.464 e. The van der Waals surface area contributed by atoms with Gasteiger partial charge in [0.05, 0.1) is 6.61 Å². The van der Waals surface area contributed by atoms with Crippen molar-refractivity contribution in [2.75, 3.05) is 6.61 Å². The van der Waals surface area contributed by atoms with Crippen molar-refractivity contribution in [3.8, 4) is 0 Å². The van der Waals surface area contributed by atoms with Crippen LogP contribution in [0.3, 0.4) is 0 Å². The number of rotatable bonds is 9. The van der Waals surface area contributed by atoms with Crippen molar-refractivity contribution < 1.29 is 28.2 Å². The van der Waals surface area contributed by atoms with Crippen LogP contribution in [0, 0.1) is 0 Å². The van der Waals surface area contributed by atoms with Crippen molar-refractivity contribution in [3.63, 3.8) is 0 Å². The lowest BCUT2D eigenvalue weighted by molar-refractivity contribution is -0.166. The molecule has 0 aliphatic carbocycles. The fraction of sp³-hybridized carbons (Fsp3) is 0.857. The van der Waals surface area contributed by atoms with E-state index >= 15 is 0 Å². The fourth-order valence-electron chi connectivity index (χ4n) is 2.16. The largest absolute Gasteiger partial charge is 0.464 e. The molecular weight excluding hydrogens is 284 g/mol. The van der Waals surface area contributed by atoms with Crippen LogP contribution >= 0.6 is 0 Å². The molecule has 1 aliphatic heterocycles. The molecule has 5 nitrogen and oxygen atoms in total. The second kappa shape index (κ2) is 8.26. The first kappa shape index (κ1) is 17.8. The summed E-state index contributed by atoms with van der Waals surface area (Å²) < 4.78 is 32.1. The zero-order chi connectivity index (χ0) is 15.9. The minimum absolute atomic E-state index is 0.106. The lowest BCUT2D eigenvalue weighted by Crippen LogP contribution is -2.52. The number of alkyl halides is 2. The second-order valence-corrected chi connectivity index (χ2v) is 5.32. The number of cyclic esters (lactones) is 1. The smallest absolute Gasteiger partial charge is 0.349 e. The van der Waals surface area contributed by atoms with Crippen LogP contribution in [-0.2, 0) is 14.3 Å². The number of carbonyl (C=O) groups excluding carboxylic acids is 2. The number of halogens is 2. The third-order valence-electron chi connectivity index (χ3n) is 3.54. The van der Waals surface area contributed by atoms with Gasteiger partial charge in [-0.2, -0.15) is 8.78 Å².